The molecule has 0 radical (unpaired) electrons. The zero-order valence-electron chi connectivity index (χ0n) is 7.50. The van der Waals surface area contributed by atoms with Crippen LogP contribution in [-0.4, -0.2) is 14.2 Å². The van der Waals surface area contributed by atoms with Gasteiger partial charge in [0.15, 0.2) is 0 Å². The van der Waals surface area contributed by atoms with Gasteiger partial charge in [-0.3, -0.25) is 5.73 Å². The Kier molecular flexibility index (Phi) is 2.38. The van der Waals surface area contributed by atoms with Crippen molar-refractivity contribution in [1.82, 2.24) is 0 Å². The van der Waals surface area contributed by atoms with E-state index in [4.69, 9.17) is 15.2 Å². The van der Waals surface area contributed by atoms with E-state index in [0.717, 1.165) is 0 Å². The highest BCUT2D eigenvalue weighted by molar-refractivity contribution is 5.35. The number of methoxy groups -OCH3 is 2. The number of anilines is 1. The van der Waals surface area contributed by atoms with E-state index in [9.17, 15) is 0 Å². The Bertz CT molecular complexity index is 287. The first-order chi connectivity index (χ1) is 5.70. The average molecular weight is 169 g/mol. The minimum Gasteiger partial charge on any atom is -0.490 e. The molecule has 66 valence electrons. The summed E-state index contributed by atoms with van der Waals surface area (Å²) in [6.45, 7) is 0. The van der Waals surface area contributed by atoms with Gasteiger partial charge in [-0.2, -0.15) is 4.57 Å². The largest absolute Gasteiger partial charge is 0.490 e. The smallest absolute Gasteiger partial charge is 0.327 e. The number of nitrogens with two attached hydrogens (primary N) is 1. The first-order valence-electron chi connectivity index (χ1n) is 3.57. The summed E-state index contributed by atoms with van der Waals surface area (Å²) < 4.78 is 11.9. The highest BCUT2D eigenvalue weighted by Gasteiger charge is 2.13. The second-order valence-corrected chi connectivity index (χ2v) is 2.39. The van der Waals surface area contributed by atoms with Crippen molar-refractivity contribution in [3.05, 3.63) is 12.1 Å². The summed E-state index contributed by atoms with van der Waals surface area (Å²) in [5.41, 5.74) is 5.65. The molecule has 0 aliphatic carbocycles. The molecule has 1 heterocycles. The van der Waals surface area contributed by atoms with Gasteiger partial charge < -0.3 is 9.47 Å². The lowest BCUT2D eigenvalue weighted by Gasteiger charge is -2.07. The molecule has 12 heavy (non-hydrogen) atoms. The first-order valence-corrected chi connectivity index (χ1v) is 3.57. The Balaban J connectivity index is 3.25. The minimum absolute atomic E-state index is 0.623. The molecule has 0 aliphatic rings. The maximum atomic E-state index is 5.65. The molecular formula is C8H13N2O2+. The van der Waals surface area contributed by atoms with Gasteiger partial charge in [0, 0.05) is 6.07 Å². The van der Waals surface area contributed by atoms with Crippen LogP contribution in [0.1, 0.15) is 0 Å². The van der Waals surface area contributed by atoms with E-state index < -0.39 is 0 Å². The summed E-state index contributed by atoms with van der Waals surface area (Å²) >= 11 is 0. The van der Waals surface area contributed by atoms with Crippen molar-refractivity contribution in [2.75, 3.05) is 20.0 Å². The van der Waals surface area contributed by atoms with Crippen LogP contribution in [0.2, 0.25) is 0 Å². The number of rotatable bonds is 2. The molecule has 0 saturated carbocycles. The Hall–Kier alpha value is -1.45. The normalized spacial score (nSPS) is 9.58. The Morgan fingerprint density at radius 1 is 1.25 bits per heavy atom. The van der Waals surface area contributed by atoms with Crippen molar-refractivity contribution in [1.29, 1.82) is 0 Å². The number of hydrogen-bond donors (Lipinski definition) is 1. The van der Waals surface area contributed by atoms with Crippen LogP contribution in [0.5, 0.6) is 11.6 Å². The van der Waals surface area contributed by atoms with Crippen LogP contribution in [0, 0.1) is 0 Å². The Morgan fingerprint density at radius 2 is 1.92 bits per heavy atom. The molecule has 1 aromatic heterocycles. The predicted octanol–water partition coefficient (Wildman–Crippen LogP) is 0.110. The lowest BCUT2D eigenvalue weighted by Crippen LogP contribution is -2.34. The third-order valence-electron chi connectivity index (χ3n) is 1.72. The molecule has 2 N–H and O–H groups in total. The molecule has 0 bridgehead atoms. The van der Waals surface area contributed by atoms with Crippen LogP contribution in [0.4, 0.5) is 5.82 Å². The van der Waals surface area contributed by atoms with Crippen LogP contribution in [-0.2, 0) is 7.05 Å². The maximum absolute atomic E-state index is 5.65. The fourth-order valence-corrected chi connectivity index (χ4v) is 1.02. The molecule has 0 saturated heterocycles. The lowest BCUT2D eigenvalue weighted by molar-refractivity contribution is -0.662. The average Bonchev–Trinajstić information content (AvgIpc) is 2.09. The second-order valence-electron chi connectivity index (χ2n) is 2.39. The van der Waals surface area contributed by atoms with Crippen molar-refractivity contribution in [2.45, 2.75) is 0 Å². The molecule has 0 fully saturated rings. The van der Waals surface area contributed by atoms with Crippen LogP contribution in [0.15, 0.2) is 12.1 Å². The summed E-state index contributed by atoms with van der Waals surface area (Å²) in [6, 6.07) is 3.54. The van der Waals surface area contributed by atoms with Gasteiger partial charge >= 0.3 is 5.88 Å². The van der Waals surface area contributed by atoms with Crippen molar-refractivity contribution < 1.29 is 14.0 Å². The molecule has 0 spiro atoms. The van der Waals surface area contributed by atoms with Crippen LogP contribution in [0.3, 0.4) is 0 Å². The fraction of sp³-hybridized carbons (Fsp3) is 0.375. The van der Waals surface area contributed by atoms with E-state index in [-0.39, 0.29) is 0 Å². The quantitative estimate of drug-likeness (QED) is 0.639. The van der Waals surface area contributed by atoms with Gasteiger partial charge in [-0.1, -0.05) is 0 Å². The monoisotopic (exact) mass is 169 g/mol. The van der Waals surface area contributed by atoms with Crippen molar-refractivity contribution in [3.63, 3.8) is 0 Å². The van der Waals surface area contributed by atoms with E-state index in [0.29, 0.717) is 17.4 Å². The van der Waals surface area contributed by atoms with Crippen molar-refractivity contribution in [3.8, 4) is 11.6 Å². The lowest BCUT2D eigenvalue weighted by atomic mass is 10.4. The van der Waals surface area contributed by atoms with Crippen molar-refractivity contribution in [2.24, 2.45) is 7.05 Å². The summed E-state index contributed by atoms with van der Waals surface area (Å²) in [6.07, 6.45) is 0. The molecule has 0 atom stereocenters. The summed E-state index contributed by atoms with van der Waals surface area (Å²) in [4.78, 5) is 0. The number of hydrogen-bond acceptors (Lipinski definition) is 3. The summed E-state index contributed by atoms with van der Waals surface area (Å²) in [5, 5.41) is 0. The van der Waals surface area contributed by atoms with E-state index in [1.54, 1.807) is 30.9 Å². The topological polar surface area (TPSA) is 48.4 Å². The van der Waals surface area contributed by atoms with E-state index in [1.165, 1.54) is 0 Å². The molecular weight excluding hydrogens is 156 g/mol. The van der Waals surface area contributed by atoms with Gasteiger partial charge in [-0.15, -0.1) is 0 Å². The number of ether oxygens (including phenoxy) is 2. The van der Waals surface area contributed by atoms with E-state index >= 15 is 0 Å². The van der Waals surface area contributed by atoms with Crippen molar-refractivity contribution >= 4 is 5.82 Å². The molecule has 0 amide bonds. The van der Waals surface area contributed by atoms with Crippen LogP contribution >= 0.6 is 0 Å². The Labute approximate surface area is 71.5 Å². The summed E-state index contributed by atoms with van der Waals surface area (Å²) in [5.74, 6) is 1.93. The van der Waals surface area contributed by atoms with Gasteiger partial charge in [0.05, 0.1) is 21.3 Å². The number of nitrogens with zero attached hydrogens (tertiary/aromatic N) is 1. The van der Waals surface area contributed by atoms with Crippen LogP contribution in [0.25, 0.3) is 0 Å². The summed E-state index contributed by atoms with van der Waals surface area (Å²) in [7, 11) is 4.99. The molecule has 1 rings (SSSR count). The number of pyridine rings is 1. The van der Waals surface area contributed by atoms with E-state index in [2.05, 4.69) is 0 Å². The number of aromatic nitrogens is 1. The van der Waals surface area contributed by atoms with Gasteiger partial charge in [-0.05, 0) is 6.07 Å². The van der Waals surface area contributed by atoms with Gasteiger partial charge in [0.2, 0.25) is 5.75 Å². The van der Waals surface area contributed by atoms with Gasteiger partial charge in [0.25, 0.3) is 5.82 Å². The third kappa shape index (κ3) is 1.28. The van der Waals surface area contributed by atoms with Gasteiger partial charge in [-0.25, -0.2) is 0 Å². The predicted molar refractivity (Wildman–Crippen MR) is 45.1 cm³/mol. The van der Waals surface area contributed by atoms with E-state index in [1.807, 2.05) is 7.05 Å². The second kappa shape index (κ2) is 3.30. The Morgan fingerprint density at radius 3 is 2.42 bits per heavy atom. The first kappa shape index (κ1) is 8.64. The zero-order chi connectivity index (χ0) is 9.14. The molecule has 1 aromatic rings. The molecule has 4 nitrogen and oxygen atoms in total. The highest BCUT2D eigenvalue weighted by atomic mass is 16.5. The van der Waals surface area contributed by atoms with Gasteiger partial charge in [0.1, 0.15) is 0 Å². The zero-order valence-corrected chi connectivity index (χ0v) is 7.50. The minimum atomic E-state index is 0.623. The molecule has 0 unspecified atom stereocenters. The fourth-order valence-electron chi connectivity index (χ4n) is 1.02. The molecule has 4 heteroatoms. The molecule has 0 aliphatic heterocycles. The standard InChI is InChI=1S/C8H12N2O2/c1-10-7(9)5-4-6(11-2)8(10)12-3/h4-5,9H,1-3H3/p+1. The number of nitrogen functional groups attached to an aromatic ring is 1. The van der Waals surface area contributed by atoms with Crippen LogP contribution < -0.4 is 19.8 Å². The molecule has 0 aromatic carbocycles. The third-order valence-corrected chi connectivity index (χ3v) is 1.72. The highest BCUT2D eigenvalue weighted by Crippen LogP contribution is 2.22. The SMILES string of the molecule is COc1ccc(N)[n+](C)c1OC. The maximum Gasteiger partial charge on any atom is 0.327 e.